The van der Waals surface area contributed by atoms with Gasteiger partial charge in [0.05, 0.1) is 26.3 Å². The quantitative estimate of drug-likeness (QED) is 0.287. The molecule has 0 saturated heterocycles. The molecule has 0 amide bonds. The second-order valence-corrected chi connectivity index (χ2v) is 8.38. The van der Waals surface area contributed by atoms with E-state index in [0.717, 1.165) is 33.7 Å². The van der Waals surface area contributed by atoms with Gasteiger partial charge < -0.3 is 9.47 Å². The van der Waals surface area contributed by atoms with E-state index in [-0.39, 0.29) is 0 Å². The van der Waals surface area contributed by atoms with Gasteiger partial charge in [-0.05, 0) is 54.8 Å². The Kier molecular flexibility index (Phi) is 5.91. The Morgan fingerprint density at radius 2 is 1.71 bits per heavy atom. The first-order valence-corrected chi connectivity index (χ1v) is 11.3. The average Bonchev–Trinajstić information content (AvgIpc) is 3.23. The van der Waals surface area contributed by atoms with Crippen molar-refractivity contribution in [3.63, 3.8) is 0 Å². The fourth-order valence-electron chi connectivity index (χ4n) is 4.17. The van der Waals surface area contributed by atoms with E-state index in [1.165, 1.54) is 17.8 Å². The van der Waals surface area contributed by atoms with E-state index < -0.39 is 5.95 Å². The van der Waals surface area contributed by atoms with Crippen LogP contribution in [0.1, 0.15) is 16.7 Å². The van der Waals surface area contributed by atoms with E-state index in [1.807, 2.05) is 47.1 Å². The summed E-state index contributed by atoms with van der Waals surface area (Å²) in [6.45, 7) is 4.67. The number of aromatic nitrogens is 4. The van der Waals surface area contributed by atoms with Crippen molar-refractivity contribution in [3.8, 4) is 34.0 Å². The minimum atomic E-state index is -0.540. The predicted octanol–water partition coefficient (Wildman–Crippen LogP) is 5.98. The summed E-state index contributed by atoms with van der Waals surface area (Å²) in [5.41, 5.74) is 7.92. The average molecular weight is 469 g/mol. The lowest BCUT2D eigenvalue weighted by Gasteiger charge is -2.13. The Morgan fingerprint density at radius 3 is 2.40 bits per heavy atom. The summed E-state index contributed by atoms with van der Waals surface area (Å²) in [4.78, 5) is 8.89. The van der Waals surface area contributed by atoms with E-state index in [9.17, 15) is 4.39 Å². The lowest BCUT2D eigenvalue weighted by atomic mass is 9.99. The molecule has 176 valence electrons. The van der Waals surface area contributed by atoms with E-state index in [2.05, 4.69) is 24.9 Å². The van der Waals surface area contributed by atoms with Crippen LogP contribution in [0.4, 0.5) is 4.39 Å². The molecule has 6 nitrogen and oxygen atoms in total. The van der Waals surface area contributed by atoms with Crippen molar-refractivity contribution >= 4 is 11.0 Å². The number of nitrogens with zero attached hydrogens (tertiary/aromatic N) is 4. The maximum atomic E-state index is 13.6. The number of hydrogen-bond donors (Lipinski definition) is 0. The number of halogens is 1. The van der Waals surface area contributed by atoms with Crippen LogP contribution >= 0.6 is 0 Å². The standard InChI is InChI=1S/C28H25FN4O2/c1-17-6-5-7-22(18(17)2)27-24(35-4)14-23-28(31-27)26(20-10-13-25(29)30-15-20)32-33(23)16-19-8-11-21(34-3)12-9-19/h5-15H,16H2,1-4H3. The minimum Gasteiger partial charge on any atom is -0.497 e. The molecule has 0 atom stereocenters. The predicted molar refractivity (Wildman–Crippen MR) is 134 cm³/mol. The van der Waals surface area contributed by atoms with Crippen LogP contribution in [0, 0.1) is 19.8 Å². The molecule has 0 radical (unpaired) electrons. The van der Waals surface area contributed by atoms with Gasteiger partial charge in [0.1, 0.15) is 28.4 Å². The summed E-state index contributed by atoms with van der Waals surface area (Å²) in [5, 5.41) is 4.88. The molecule has 0 unspecified atom stereocenters. The van der Waals surface area contributed by atoms with Crippen LogP contribution in [0.5, 0.6) is 11.5 Å². The third-order valence-corrected chi connectivity index (χ3v) is 6.26. The van der Waals surface area contributed by atoms with Crippen molar-refractivity contribution in [1.29, 1.82) is 0 Å². The number of hydrogen-bond acceptors (Lipinski definition) is 5. The van der Waals surface area contributed by atoms with E-state index in [4.69, 9.17) is 19.6 Å². The van der Waals surface area contributed by atoms with Crippen LogP contribution in [-0.4, -0.2) is 34.0 Å². The summed E-state index contributed by atoms with van der Waals surface area (Å²) < 4.78 is 26.5. The number of benzene rings is 2. The van der Waals surface area contributed by atoms with Gasteiger partial charge in [-0.25, -0.2) is 9.97 Å². The number of fused-ring (bicyclic) bond motifs is 1. The summed E-state index contributed by atoms with van der Waals surface area (Å²) in [7, 11) is 3.29. The SMILES string of the molecule is COc1ccc(Cn2nc(-c3ccc(F)nc3)c3nc(-c4cccc(C)c4C)c(OC)cc32)cc1. The largest absolute Gasteiger partial charge is 0.497 e. The maximum Gasteiger partial charge on any atom is 0.212 e. The maximum absolute atomic E-state index is 13.6. The highest BCUT2D eigenvalue weighted by Crippen LogP contribution is 2.37. The zero-order chi connectivity index (χ0) is 24.5. The van der Waals surface area contributed by atoms with Gasteiger partial charge in [-0.1, -0.05) is 30.3 Å². The molecule has 0 N–H and O–H groups in total. The summed E-state index contributed by atoms with van der Waals surface area (Å²) in [6.07, 6.45) is 1.48. The van der Waals surface area contributed by atoms with Crippen molar-refractivity contribution < 1.29 is 13.9 Å². The molecule has 0 aliphatic rings. The van der Waals surface area contributed by atoms with Crippen molar-refractivity contribution in [1.82, 2.24) is 19.7 Å². The Morgan fingerprint density at radius 1 is 0.914 bits per heavy atom. The fourth-order valence-corrected chi connectivity index (χ4v) is 4.17. The lowest BCUT2D eigenvalue weighted by Crippen LogP contribution is -2.02. The molecular weight excluding hydrogens is 443 g/mol. The van der Waals surface area contributed by atoms with Crippen LogP contribution in [0.2, 0.25) is 0 Å². The van der Waals surface area contributed by atoms with Crippen molar-refractivity contribution in [3.05, 3.63) is 89.5 Å². The third-order valence-electron chi connectivity index (χ3n) is 6.26. The third kappa shape index (κ3) is 4.21. The first kappa shape index (κ1) is 22.5. The van der Waals surface area contributed by atoms with Crippen LogP contribution in [-0.2, 0) is 6.54 Å². The normalized spacial score (nSPS) is 11.1. The molecule has 0 fully saturated rings. The summed E-state index contributed by atoms with van der Waals surface area (Å²) in [6, 6.07) is 18.9. The smallest absolute Gasteiger partial charge is 0.212 e. The highest BCUT2D eigenvalue weighted by atomic mass is 19.1. The van der Waals surface area contributed by atoms with E-state index in [1.54, 1.807) is 20.3 Å². The molecule has 2 aromatic carbocycles. The van der Waals surface area contributed by atoms with Gasteiger partial charge in [0.25, 0.3) is 0 Å². The Bertz CT molecular complexity index is 1510. The number of aryl methyl sites for hydroxylation is 1. The first-order chi connectivity index (χ1) is 17.0. The topological polar surface area (TPSA) is 62.1 Å². The van der Waals surface area contributed by atoms with Crippen LogP contribution in [0.15, 0.2) is 66.9 Å². The van der Waals surface area contributed by atoms with Gasteiger partial charge in [0.2, 0.25) is 5.95 Å². The zero-order valence-electron chi connectivity index (χ0n) is 20.0. The van der Waals surface area contributed by atoms with E-state index in [0.29, 0.717) is 29.1 Å². The Balaban J connectivity index is 1.73. The summed E-state index contributed by atoms with van der Waals surface area (Å²) in [5.74, 6) is 0.908. The minimum absolute atomic E-state index is 0.517. The van der Waals surface area contributed by atoms with Gasteiger partial charge >= 0.3 is 0 Å². The van der Waals surface area contributed by atoms with Crippen molar-refractivity contribution in [2.45, 2.75) is 20.4 Å². The molecule has 5 aromatic rings. The molecule has 3 heterocycles. The lowest BCUT2D eigenvalue weighted by molar-refractivity contribution is 0.414. The molecule has 0 bridgehead atoms. The Hall–Kier alpha value is -4.26. The second kappa shape index (κ2) is 9.18. The first-order valence-electron chi connectivity index (χ1n) is 11.3. The van der Waals surface area contributed by atoms with Gasteiger partial charge in [-0.15, -0.1) is 0 Å². The number of rotatable bonds is 6. The van der Waals surface area contributed by atoms with E-state index >= 15 is 0 Å². The van der Waals surface area contributed by atoms with Crippen LogP contribution in [0.25, 0.3) is 33.5 Å². The van der Waals surface area contributed by atoms with Crippen LogP contribution < -0.4 is 9.47 Å². The summed E-state index contributed by atoms with van der Waals surface area (Å²) >= 11 is 0. The molecule has 0 spiro atoms. The number of ether oxygens (including phenoxy) is 2. The molecule has 0 saturated carbocycles. The van der Waals surface area contributed by atoms with Gasteiger partial charge in [0, 0.05) is 23.4 Å². The highest BCUT2D eigenvalue weighted by molar-refractivity contribution is 5.93. The van der Waals surface area contributed by atoms with Gasteiger partial charge in [-0.2, -0.15) is 9.49 Å². The molecular formula is C28H25FN4O2. The van der Waals surface area contributed by atoms with Crippen molar-refractivity contribution in [2.75, 3.05) is 14.2 Å². The molecule has 35 heavy (non-hydrogen) atoms. The molecule has 0 aliphatic heterocycles. The second-order valence-electron chi connectivity index (χ2n) is 8.38. The molecule has 0 aliphatic carbocycles. The van der Waals surface area contributed by atoms with Crippen molar-refractivity contribution in [2.24, 2.45) is 0 Å². The van der Waals surface area contributed by atoms with Crippen LogP contribution in [0.3, 0.4) is 0 Å². The van der Waals surface area contributed by atoms with Gasteiger partial charge in [-0.3, -0.25) is 4.68 Å². The Labute approximate surface area is 203 Å². The fraction of sp³-hybridized carbons (Fsp3) is 0.179. The number of methoxy groups -OCH3 is 2. The highest BCUT2D eigenvalue weighted by Gasteiger charge is 2.20. The molecule has 3 aromatic heterocycles. The number of pyridine rings is 2. The molecule has 7 heteroatoms. The monoisotopic (exact) mass is 468 g/mol. The van der Waals surface area contributed by atoms with Gasteiger partial charge in [0.15, 0.2) is 0 Å². The molecule has 5 rings (SSSR count). The zero-order valence-corrected chi connectivity index (χ0v) is 20.0.